The van der Waals surface area contributed by atoms with Gasteiger partial charge in [0.2, 0.25) is 0 Å². The van der Waals surface area contributed by atoms with Crippen molar-refractivity contribution < 1.29 is 9.47 Å². The van der Waals surface area contributed by atoms with E-state index in [9.17, 15) is 0 Å². The first-order valence-electron chi connectivity index (χ1n) is 14.7. The Labute approximate surface area is 224 Å². The van der Waals surface area contributed by atoms with Gasteiger partial charge in [0.15, 0.2) is 11.6 Å². The van der Waals surface area contributed by atoms with Crippen molar-refractivity contribution >= 4 is 13.3 Å². The van der Waals surface area contributed by atoms with Gasteiger partial charge in [-0.15, -0.1) is 0 Å². The van der Waals surface area contributed by atoms with E-state index < -0.39 is 13.3 Å². The van der Waals surface area contributed by atoms with Gasteiger partial charge in [0.05, 0.1) is 19.0 Å². The van der Waals surface area contributed by atoms with E-state index in [1.807, 2.05) is 24.3 Å². The van der Waals surface area contributed by atoms with Crippen molar-refractivity contribution in [1.82, 2.24) is 9.97 Å². The van der Waals surface area contributed by atoms with Crippen molar-refractivity contribution in [2.45, 2.75) is 119 Å². The molecule has 0 bridgehead atoms. The summed E-state index contributed by atoms with van der Waals surface area (Å²) in [6.45, 7) is 3.79. The zero-order valence-electron chi connectivity index (χ0n) is 23.7. The van der Waals surface area contributed by atoms with Gasteiger partial charge in [0.1, 0.15) is 0 Å². The van der Waals surface area contributed by atoms with Gasteiger partial charge in [0.25, 0.3) is 0 Å². The third-order valence-corrected chi connectivity index (χ3v) is 10.5. The van der Waals surface area contributed by atoms with Gasteiger partial charge >= 0.3 is 116 Å². The van der Waals surface area contributed by atoms with Crippen LogP contribution in [0.2, 0.25) is 22.5 Å². The van der Waals surface area contributed by atoms with E-state index >= 15 is 0 Å². The summed E-state index contributed by atoms with van der Waals surface area (Å²) in [7, 11) is 0. The van der Waals surface area contributed by atoms with Crippen molar-refractivity contribution in [1.29, 1.82) is 0 Å². The minimum Gasteiger partial charge on any atom is -0.233 e. The quantitative estimate of drug-likeness (QED) is 0.113. The molecule has 0 radical (unpaired) electrons. The average Bonchev–Trinajstić information content (AvgIpc) is 2.87. The predicted molar refractivity (Wildman–Crippen MR) is 157 cm³/mol. The second kappa shape index (κ2) is 18.7. The maximum absolute atomic E-state index is 5.93. The van der Waals surface area contributed by atoms with Crippen LogP contribution in [0.15, 0.2) is 36.7 Å². The molecule has 0 spiro atoms. The van der Waals surface area contributed by atoms with E-state index in [2.05, 4.69) is 34.2 Å². The molecule has 2 aromatic rings. The molecular formula is C31H52GeN2O2. The molecule has 0 amide bonds. The van der Waals surface area contributed by atoms with Crippen LogP contribution in [0.3, 0.4) is 0 Å². The molecule has 202 valence electrons. The number of benzene rings is 1. The number of aromatic nitrogens is 2. The summed E-state index contributed by atoms with van der Waals surface area (Å²) in [6, 6.07) is 8.10. The summed E-state index contributed by atoms with van der Waals surface area (Å²) >= 11 is -1.31. The van der Waals surface area contributed by atoms with Gasteiger partial charge < -0.3 is 4.74 Å². The molecule has 1 aromatic heterocycles. The second-order valence-electron chi connectivity index (χ2n) is 11.4. The molecule has 0 aliphatic rings. The molecule has 0 saturated carbocycles. The topological polar surface area (TPSA) is 44.2 Å². The molecule has 4 nitrogen and oxygen atoms in total. The molecule has 0 saturated heterocycles. The number of hydrogen-bond acceptors (Lipinski definition) is 4. The van der Waals surface area contributed by atoms with Crippen LogP contribution in [-0.2, 0) is 0 Å². The summed E-state index contributed by atoms with van der Waals surface area (Å²) in [5.74, 6) is 9.93. The summed E-state index contributed by atoms with van der Waals surface area (Å²) in [4.78, 5) is 8.98. The summed E-state index contributed by atoms with van der Waals surface area (Å²) < 4.78 is 11.8. The SMILES string of the molecule is CCCCCCCCCCOc1cnc(-c2ccc(OCCCCCCC[CH2][Ge]([CH3])([CH3])[CH3])cc2)nc1. The third-order valence-electron chi connectivity index (χ3n) is 6.60. The molecule has 0 N–H and O–H groups in total. The van der Waals surface area contributed by atoms with E-state index in [-0.39, 0.29) is 0 Å². The van der Waals surface area contributed by atoms with Gasteiger partial charge in [0, 0.05) is 5.56 Å². The van der Waals surface area contributed by atoms with Gasteiger partial charge in [-0.2, -0.15) is 0 Å². The van der Waals surface area contributed by atoms with Crippen LogP contribution in [0, 0.1) is 0 Å². The Balaban J connectivity index is 1.55. The first-order valence-corrected chi connectivity index (χ1v) is 22.4. The molecular weight excluding hydrogens is 505 g/mol. The van der Waals surface area contributed by atoms with Crippen LogP contribution in [0.4, 0.5) is 0 Å². The van der Waals surface area contributed by atoms with E-state index in [0.717, 1.165) is 48.9 Å². The van der Waals surface area contributed by atoms with Crippen LogP contribution in [-0.4, -0.2) is 36.4 Å². The summed E-state index contributed by atoms with van der Waals surface area (Å²) in [5, 5.41) is 1.52. The molecule has 36 heavy (non-hydrogen) atoms. The van der Waals surface area contributed by atoms with Crippen LogP contribution < -0.4 is 9.47 Å². The van der Waals surface area contributed by atoms with Crippen molar-refractivity contribution in [3.05, 3.63) is 36.7 Å². The van der Waals surface area contributed by atoms with E-state index in [0.29, 0.717) is 0 Å². The zero-order chi connectivity index (χ0) is 25.9. The Kier molecular flexibility index (Phi) is 15.9. The number of unbranched alkanes of at least 4 members (excludes halogenated alkanes) is 12. The standard InChI is InChI=1S/C31H52GeN2O2/c1-5-6-7-8-9-11-14-18-25-36-30-26-33-31(34-27-30)28-19-21-29(22-20-28)35-24-17-15-12-10-13-16-23-32(2,3)4/h19-22,26-27H,5-18,23-25H2,1-4H3. The van der Waals surface area contributed by atoms with E-state index in [1.54, 1.807) is 12.4 Å². The number of rotatable bonds is 21. The fraction of sp³-hybridized carbons (Fsp3) is 0.677. The summed E-state index contributed by atoms with van der Waals surface area (Å²) in [5.41, 5.74) is 0.997. The first kappa shape index (κ1) is 30.7. The predicted octanol–water partition coefficient (Wildman–Crippen LogP) is 9.72. The van der Waals surface area contributed by atoms with Crippen molar-refractivity contribution in [2.75, 3.05) is 13.2 Å². The Hall–Kier alpha value is -1.56. The number of nitrogens with zero attached hydrogens (tertiary/aromatic N) is 2. The molecule has 0 aliphatic carbocycles. The minimum atomic E-state index is -1.31. The molecule has 0 aliphatic heterocycles. The summed E-state index contributed by atoms with van der Waals surface area (Å²) in [6.07, 6.45) is 21.9. The fourth-order valence-electron chi connectivity index (χ4n) is 4.32. The Morgan fingerprint density at radius 3 is 1.58 bits per heavy atom. The number of ether oxygens (including phenoxy) is 2. The second-order valence-corrected chi connectivity index (χ2v) is 23.2. The monoisotopic (exact) mass is 558 g/mol. The van der Waals surface area contributed by atoms with Crippen LogP contribution in [0.5, 0.6) is 11.5 Å². The number of hydrogen-bond donors (Lipinski definition) is 0. The Morgan fingerprint density at radius 1 is 0.583 bits per heavy atom. The Bertz CT molecular complexity index is 788. The first-order chi connectivity index (χ1) is 17.5. The van der Waals surface area contributed by atoms with E-state index in [4.69, 9.17) is 9.47 Å². The third kappa shape index (κ3) is 14.9. The molecule has 2 rings (SSSR count). The fourth-order valence-corrected chi connectivity index (χ4v) is 7.07. The van der Waals surface area contributed by atoms with Crippen molar-refractivity contribution in [2.24, 2.45) is 0 Å². The molecule has 1 heterocycles. The molecule has 5 heteroatoms. The smallest absolute Gasteiger partial charge is 0.233 e. The molecule has 0 unspecified atom stereocenters. The van der Waals surface area contributed by atoms with Gasteiger partial charge in [-0.1, -0.05) is 51.9 Å². The van der Waals surface area contributed by atoms with Crippen molar-refractivity contribution in [3.63, 3.8) is 0 Å². The average molecular weight is 557 g/mol. The van der Waals surface area contributed by atoms with Gasteiger partial charge in [-0.05, 0) is 6.42 Å². The van der Waals surface area contributed by atoms with Crippen LogP contribution in [0.25, 0.3) is 11.4 Å². The molecule has 1 aromatic carbocycles. The molecule has 0 atom stereocenters. The molecule has 0 fully saturated rings. The van der Waals surface area contributed by atoms with Crippen LogP contribution >= 0.6 is 0 Å². The van der Waals surface area contributed by atoms with Crippen molar-refractivity contribution in [3.8, 4) is 22.9 Å². The van der Waals surface area contributed by atoms with Crippen LogP contribution in [0.1, 0.15) is 96.8 Å². The Morgan fingerprint density at radius 2 is 1.06 bits per heavy atom. The van der Waals surface area contributed by atoms with Gasteiger partial charge in [-0.3, -0.25) is 0 Å². The minimum absolute atomic E-state index is 0.719. The zero-order valence-corrected chi connectivity index (χ0v) is 25.8. The van der Waals surface area contributed by atoms with Gasteiger partial charge in [-0.25, -0.2) is 9.97 Å². The maximum atomic E-state index is 5.93. The normalized spacial score (nSPS) is 11.6. The van der Waals surface area contributed by atoms with E-state index in [1.165, 1.54) is 82.3 Å².